The van der Waals surface area contributed by atoms with Gasteiger partial charge in [0.25, 0.3) is 0 Å². The van der Waals surface area contributed by atoms with Crippen LogP contribution in [0.1, 0.15) is 50.4 Å². The van der Waals surface area contributed by atoms with Crippen molar-refractivity contribution in [2.24, 2.45) is 5.92 Å². The first-order valence-corrected chi connectivity index (χ1v) is 11.5. The van der Waals surface area contributed by atoms with E-state index in [2.05, 4.69) is 17.0 Å². The van der Waals surface area contributed by atoms with Gasteiger partial charge in [-0.25, -0.2) is 9.36 Å². The number of carboxylic acid groups (broad SMARTS) is 1. The minimum absolute atomic E-state index is 0.160. The molecule has 0 saturated carbocycles. The largest absolute Gasteiger partial charge is 0.466 e. The van der Waals surface area contributed by atoms with E-state index in [-0.39, 0.29) is 17.8 Å². The summed E-state index contributed by atoms with van der Waals surface area (Å²) >= 11 is 0. The monoisotopic (exact) mass is 448 g/mol. The zero-order chi connectivity index (χ0) is 23.8. The van der Waals surface area contributed by atoms with Gasteiger partial charge >= 0.3 is 12.1 Å². The SMILES string of the molecule is CCOC(=O)C1CN(Cc2ccccc2)CC1c1c(C(C)(C)C)n(C(=O)O)c2ccccc12. The molecule has 0 radical (unpaired) electrons. The number of carbonyl (C=O) groups excluding carboxylic acids is 1. The summed E-state index contributed by atoms with van der Waals surface area (Å²) in [6.45, 7) is 10.2. The average Bonchev–Trinajstić information content (AvgIpc) is 3.33. The second-order valence-corrected chi connectivity index (χ2v) is 9.79. The van der Waals surface area contributed by atoms with Crippen molar-refractivity contribution in [1.29, 1.82) is 0 Å². The van der Waals surface area contributed by atoms with Crippen molar-refractivity contribution in [3.8, 4) is 0 Å². The molecule has 1 aliphatic heterocycles. The number of hydrogen-bond acceptors (Lipinski definition) is 4. The molecule has 1 saturated heterocycles. The number of benzene rings is 2. The summed E-state index contributed by atoms with van der Waals surface area (Å²) in [6, 6.07) is 17.8. The summed E-state index contributed by atoms with van der Waals surface area (Å²) in [5, 5.41) is 11.0. The molecule has 0 bridgehead atoms. The van der Waals surface area contributed by atoms with Gasteiger partial charge in [-0.05, 0) is 24.1 Å². The van der Waals surface area contributed by atoms with Crippen molar-refractivity contribution in [3.05, 3.63) is 71.4 Å². The molecule has 6 heteroatoms. The van der Waals surface area contributed by atoms with Gasteiger partial charge in [-0.3, -0.25) is 9.69 Å². The Morgan fingerprint density at radius 3 is 2.33 bits per heavy atom. The van der Waals surface area contributed by atoms with Gasteiger partial charge < -0.3 is 9.84 Å². The second-order valence-electron chi connectivity index (χ2n) is 9.79. The van der Waals surface area contributed by atoms with Gasteiger partial charge in [0.2, 0.25) is 0 Å². The van der Waals surface area contributed by atoms with Crippen molar-refractivity contribution in [2.75, 3.05) is 19.7 Å². The molecule has 0 spiro atoms. The van der Waals surface area contributed by atoms with Crippen LogP contribution in [0.25, 0.3) is 10.9 Å². The molecule has 2 heterocycles. The van der Waals surface area contributed by atoms with Crippen LogP contribution in [-0.2, 0) is 21.5 Å². The van der Waals surface area contributed by atoms with Crippen molar-refractivity contribution in [2.45, 2.75) is 45.6 Å². The first-order valence-electron chi connectivity index (χ1n) is 11.5. The maximum absolute atomic E-state index is 13.1. The smallest absolute Gasteiger partial charge is 0.416 e. The average molecular weight is 449 g/mol. The maximum Gasteiger partial charge on any atom is 0.416 e. The Morgan fingerprint density at radius 1 is 1.03 bits per heavy atom. The van der Waals surface area contributed by atoms with Crippen LogP contribution in [0.2, 0.25) is 0 Å². The number of ether oxygens (including phenoxy) is 1. The number of carbonyl (C=O) groups is 2. The fraction of sp³-hybridized carbons (Fsp3) is 0.407. The summed E-state index contributed by atoms with van der Waals surface area (Å²) in [5.74, 6) is -0.736. The van der Waals surface area contributed by atoms with E-state index >= 15 is 0 Å². The van der Waals surface area contributed by atoms with E-state index in [1.54, 1.807) is 0 Å². The molecule has 6 nitrogen and oxygen atoms in total. The molecule has 2 aromatic carbocycles. The summed E-state index contributed by atoms with van der Waals surface area (Å²) in [5.41, 5.74) is 3.11. The van der Waals surface area contributed by atoms with Crippen molar-refractivity contribution in [1.82, 2.24) is 9.47 Å². The molecule has 1 aromatic heterocycles. The predicted molar refractivity (Wildman–Crippen MR) is 129 cm³/mol. The molecule has 1 fully saturated rings. The number of likely N-dealkylation sites (tertiary alicyclic amines) is 1. The molecule has 2 unspecified atom stereocenters. The van der Waals surface area contributed by atoms with E-state index in [1.165, 1.54) is 10.1 Å². The molecule has 1 N–H and O–H groups in total. The Kier molecular flexibility index (Phi) is 6.30. The minimum Gasteiger partial charge on any atom is -0.466 e. The Labute approximate surface area is 194 Å². The number of aromatic nitrogens is 1. The third-order valence-electron chi connectivity index (χ3n) is 6.42. The molecule has 0 aliphatic carbocycles. The Balaban J connectivity index is 1.86. The summed E-state index contributed by atoms with van der Waals surface area (Å²) < 4.78 is 6.89. The number of nitrogens with zero attached hydrogens (tertiary/aromatic N) is 2. The van der Waals surface area contributed by atoms with Crippen LogP contribution in [0.4, 0.5) is 4.79 Å². The highest BCUT2D eigenvalue weighted by atomic mass is 16.5. The zero-order valence-corrected chi connectivity index (χ0v) is 19.7. The topological polar surface area (TPSA) is 71.8 Å². The first kappa shape index (κ1) is 23.1. The standard InChI is InChI=1S/C27H32N2O4/c1-5-33-25(30)21-17-28(15-18-11-7-6-8-12-18)16-20(21)23-19-13-9-10-14-22(19)29(26(31)32)24(23)27(2,3)4/h6-14,20-21H,5,15-17H2,1-4H3,(H,31,32). The molecule has 33 heavy (non-hydrogen) atoms. The van der Waals surface area contributed by atoms with Gasteiger partial charge in [0.05, 0.1) is 18.0 Å². The maximum atomic E-state index is 13.1. The normalized spacial score (nSPS) is 19.2. The predicted octanol–water partition coefficient (Wildman–Crippen LogP) is 5.24. The number of para-hydroxylation sites is 1. The Hall–Kier alpha value is -3.12. The van der Waals surface area contributed by atoms with Crippen molar-refractivity contribution < 1.29 is 19.4 Å². The second kappa shape index (κ2) is 9.02. The van der Waals surface area contributed by atoms with E-state index in [1.807, 2.05) is 70.2 Å². The van der Waals surface area contributed by atoms with Gasteiger partial charge in [0, 0.05) is 42.0 Å². The van der Waals surface area contributed by atoms with E-state index in [4.69, 9.17) is 4.74 Å². The van der Waals surface area contributed by atoms with Crippen LogP contribution >= 0.6 is 0 Å². The van der Waals surface area contributed by atoms with E-state index in [0.29, 0.717) is 25.2 Å². The van der Waals surface area contributed by atoms with Crippen LogP contribution < -0.4 is 0 Å². The Morgan fingerprint density at radius 2 is 1.70 bits per heavy atom. The van der Waals surface area contributed by atoms with E-state index in [0.717, 1.165) is 23.2 Å². The lowest BCUT2D eigenvalue weighted by molar-refractivity contribution is -0.148. The Bertz CT molecular complexity index is 1160. The van der Waals surface area contributed by atoms with Crippen LogP contribution in [0, 0.1) is 5.92 Å². The van der Waals surface area contributed by atoms with Gasteiger partial charge in [0.15, 0.2) is 0 Å². The van der Waals surface area contributed by atoms with E-state index in [9.17, 15) is 14.7 Å². The van der Waals surface area contributed by atoms with Gasteiger partial charge in [-0.1, -0.05) is 69.3 Å². The number of esters is 1. The third kappa shape index (κ3) is 4.40. The highest BCUT2D eigenvalue weighted by molar-refractivity contribution is 5.94. The lowest BCUT2D eigenvalue weighted by Gasteiger charge is -2.26. The fourth-order valence-corrected chi connectivity index (χ4v) is 5.21. The molecule has 0 amide bonds. The third-order valence-corrected chi connectivity index (χ3v) is 6.42. The van der Waals surface area contributed by atoms with Crippen LogP contribution in [0.15, 0.2) is 54.6 Å². The summed E-state index contributed by atoms with van der Waals surface area (Å²) in [4.78, 5) is 27.8. The van der Waals surface area contributed by atoms with E-state index < -0.39 is 11.5 Å². The van der Waals surface area contributed by atoms with Crippen molar-refractivity contribution in [3.63, 3.8) is 0 Å². The molecule has 2 atom stereocenters. The summed E-state index contributed by atoms with van der Waals surface area (Å²) in [7, 11) is 0. The molecule has 4 rings (SSSR count). The lowest BCUT2D eigenvalue weighted by Crippen LogP contribution is -2.28. The van der Waals surface area contributed by atoms with Crippen LogP contribution in [0.3, 0.4) is 0 Å². The molecule has 3 aromatic rings. The summed E-state index contributed by atoms with van der Waals surface area (Å²) in [6.07, 6.45) is -1.01. The van der Waals surface area contributed by atoms with Crippen molar-refractivity contribution >= 4 is 23.0 Å². The molecule has 1 aliphatic rings. The minimum atomic E-state index is -1.01. The van der Waals surface area contributed by atoms with Crippen LogP contribution in [0.5, 0.6) is 0 Å². The highest BCUT2D eigenvalue weighted by Crippen LogP contribution is 2.44. The van der Waals surface area contributed by atoms with Gasteiger partial charge in [-0.15, -0.1) is 0 Å². The highest BCUT2D eigenvalue weighted by Gasteiger charge is 2.44. The van der Waals surface area contributed by atoms with Crippen LogP contribution in [-0.4, -0.2) is 46.3 Å². The molecular weight excluding hydrogens is 416 g/mol. The lowest BCUT2D eigenvalue weighted by atomic mass is 9.80. The number of rotatable bonds is 5. The fourth-order valence-electron chi connectivity index (χ4n) is 5.21. The zero-order valence-electron chi connectivity index (χ0n) is 19.7. The molecular formula is C27H32N2O4. The quantitative estimate of drug-likeness (QED) is 0.540. The van der Waals surface area contributed by atoms with Gasteiger partial charge in [0.1, 0.15) is 0 Å². The number of fused-ring (bicyclic) bond motifs is 1. The molecule has 174 valence electrons. The first-order chi connectivity index (χ1) is 15.7. The van der Waals surface area contributed by atoms with Gasteiger partial charge in [-0.2, -0.15) is 0 Å². The number of hydrogen-bond donors (Lipinski definition) is 1.